The fourth-order valence-electron chi connectivity index (χ4n) is 1.72. The number of hydrogen-bond donors (Lipinski definition) is 2. The molecule has 0 fully saturated rings. The number of carbonyl (C=O) groups excluding carboxylic acids is 1. The summed E-state index contributed by atoms with van der Waals surface area (Å²) in [7, 11) is 0. The lowest BCUT2D eigenvalue weighted by Gasteiger charge is -2.25. The van der Waals surface area contributed by atoms with Crippen LogP contribution < -0.4 is 5.32 Å². The summed E-state index contributed by atoms with van der Waals surface area (Å²) in [6.45, 7) is 3.19. The summed E-state index contributed by atoms with van der Waals surface area (Å²) in [5, 5.41) is 11.3. The molecule has 0 aliphatic heterocycles. The second-order valence-electron chi connectivity index (χ2n) is 4.44. The van der Waals surface area contributed by atoms with E-state index in [0.717, 1.165) is 0 Å². The van der Waals surface area contributed by atoms with Crippen LogP contribution in [-0.2, 0) is 4.79 Å². The molecule has 104 valence electrons. The number of hydrogen-bond acceptors (Lipinski definition) is 2. The number of nitrogens with one attached hydrogen (secondary N) is 1. The predicted molar refractivity (Wildman–Crippen MR) is 69.8 cm³/mol. The van der Waals surface area contributed by atoms with Crippen molar-refractivity contribution >= 4 is 23.5 Å². The van der Waals surface area contributed by atoms with E-state index in [9.17, 15) is 14.0 Å². The molecule has 1 rings (SSSR count). The van der Waals surface area contributed by atoms with E-state index >= 15 is 0 Å². The SMILES string of the molecule is CCCC(C)(NC(=O)c1cccc(Cl)c1F)C(=O)O. The summed E-state index contributed by atoms with van der Waals surface area (Å²) >= 11 is 5.58. The highest BCUT2D eigenvalue weighted by molar-refractivity contribution is 6.31. The summed E-state index contributed by atoms with van der Waals surface area (Å²) in [5.74, 6) is -2.81. The number of carboxylic acids is 1. The van der Waals surface area contributed by atoms with Gasteiger partial charge in [-0.3, -0.25) is 4.79 Å². The standard InChI is InChI=1S/C13H15ClFNO3/c1-3-7-13(2,12(18)19)16-11(17)8-5-4-6-9(14)10(8)15/h4-6H,3,7H2,1-2H3,(H,16,17)(H,18,19). The van der Waals surface area contributed by atoms with Gasteiger partial charge < -0.3 is 10.4 Å². The van der Waals surface area contributed by atoms with Crippen LogP contribution >= 0.6 is 11.6 Å². The molecule has 0 saturated carbocycles. The zero-order valence-corrected chi connectivity index (χ0v) is 11.4. The Balaban J connectivity index is 3.01. The fourth-order valence-corrected chi connectivity index (χ4v) is 1.89. The molecule has 6 heteroatoms. The van der Waals surface area contributed by atoms with E-state index in [1.165, 1.54) is 25.1 Å². The Hall–Kier alpha value is -1.62. The Labute approximate surface area is 115 Å². The molecule has 2 N–H and O–H groups in total. The Bertz CT molecular complexity index is 507. The minimum atomic E-state index is -1.43. The quantitative estimate of drug-likeness (QED) is 0.875. The second kappa shape index (κ2) is 6.02. The molecule has 0 bridgehead atoms. The molecule has 4 nitrogen and oxygen atoms in total. The average Bonchev–Trinajstić information content (AvgIpc) is 2.32. The van der Waals surface area contributed by atoms with E-state index in [4.69, 9.17) is 16.7 Å². The summed E-state index contributed by atoms with van der Waals surface area (Å²) in [6, 6.07) is 4.00. The highest BCUT2D eigenvalue weighted by Crippen LogP contribution is 2.19. The maximum atomic E-state index is 13.7. The molecule has 1 amide bonds. The van der Waals surface area contributed by atoms with Crippen LogP contribution in [0.1, 0.15) is 37.0 Å². The third-order valence-corrected chi connectivity index (χ3v) is 3.10. The van der Waals surface area contributed by atoms with Gasteiger partial charge in [-0.25, -0.2) is 9.18 Å². The number of aliphatic carboxylic acids is 1. The van der Waals surface area contributed by atoms with Gasteiger partial charge in [-0.1, -0.05) is 31.0 Å². The Morgan fingerprint density at radius 1 is 1.47 bits per heavy atom. The third kappa shape index (κ3) is 3.44. The van der Waals surface area contributed by atoms with Gasteiger partial charge in [-0.05, 0) is 25.5 Å². The monoisotopic (exact) mass is 287 g/mol. The van der Waals surface area contributed by atoms with Crippen molar-refractivity contribution in [3.63, 3.8) is 0 Å². The van der Waals surface area contributed by atoms with Crippen molar-refractivity contribution in [2.24, 2.45) is 0 Å². The lowest BCUT2D eigenvalue weighted by atomic mass is 9.95. The normalized spacial score (nSPS) is 13.7. The molecule has 0 saturated heterocycles. The smallest absolute Gasteiger partial charge is 0.329 e. The van der Waals surface area contributed by atoms with Crippen molar-refractivity contribution in [2.75, 3.05) is 0 Å². The van der Waals surface area contributed by atoms with E-state index in [1.807, 2.05) is 0 Å². The molecular weight excluding hydrogens is 273 g/mol. The van der Waals surface area contributed by atoms with E-state index < -0.39 is 23.2 Å². The maximum absolute atomic E-state index is 13.7. The summed E-state index contributed by atoms with van der Waals surface area (Å²) in [6.07, 6.45) is 0.817. The molecule has 1 aromatic rings. The number of rotatable bonds is 5. The van der Waals surface area contributed by atoms with Crippen LogP contribution in [0.2, 0.25) is 5.02 Å². The number of carboxylic acid groups (broad SMARTS) is 1. The molecule has 0 radical (unpaired) electrons. The molecule has 0 aliphatic carbocycles. The fraction of sp³-hybridized carbons (Fsp3) is 0.385. The van der Waals surface area contributed by atoms with E-state index in [-0.39, 0.29) is 17.0 Å². The molecular formula is C13H15ClFNO3. The first-order valence-electron chi connectivity index (χ1n) is 5.81. The average molecular weight is 288 g/mol. The van der Waals surface area contributed by atoms with Gasteiger partial charge in [-0.2, -0.15) is 0 Å². The number of carbonyl (C=O) groups is 2. The molecule has 0 heterocycles. The summed E-state index contributed by atoms with van der Waals surface area (Å²) in [5.41, 5.74) is -1.70. The predicted octanol–water partition coefficient (Wildman–Crippen LogP) is 2.85. The van der Waals surface area contributed by atoms with Gasteiger partial charge >= 0.3 is 5.97 Å². The van der Waals surface area contributed by atoms with Gasteiger partial charge in [-0.15, -0.1) is 0 Å². The van der Waals surface area contributed by atoms with Gasteiger partial charge in [0.2, 0.25) is 0 Å². The van der Waals surface area contributed by atoms with Crippen LogP contribution in [0.5, 0.6) is 0 Å². The van der Waals surface area contributed by atoms with Crippen LogP contribution in [0, 0.1) is 5.82 Å². The number of halogens is 2. The molecule has 19 heavy (non-hydrogen) atoms. The summed E-state index contributed by atoms with van der Waals surface area (Å²) < 4.78 is 13.7. The van der Waals surface area contributed by atoms with Gasteiger partial charge in [0.25, 0.3) is 5.91 Å². The van der Waals surface area contributed by atoms with Crippen molar-refractivity contribution in [3.05, 3.63) is 34.6 Å². The molecule has 1 unspecified atom stereocenters. The molecule has 0 aromatic heterocycles. The first-order valence-corrected chi connectivity index (χ1v) is 6.19. The van der Waals surface area contributed by atoms with Gasteiger partial charge in [0.1, 0.15) is 5.54 Å². The second-order valence-corrected chi connectivity index (χ2v) is 4.85. The zero-order chi connectivity index (χ0) is 14.6. The highest BCUT2D eigenvalue weighted by atomic mass is 35.5. The Morgan fingerprint density at radius 3 is 2.63 bits per heavy atom. The maximum Gasteiger partial charge on any atom is 0.329 e. The largest absolute Gasteiger partial charge is 0.480 e. The first-order chi connectivity index (χ1) is 8.81. The lowest BCUT2D eigenvalue weighted by Crippen LogP contribution is -2.52. The van der Waals surface area contributed by atoms with E-state index in [2.05, 4.69) is 5.32 Å². The van der Waals surface area contributed by atoms with Gasteiger partial charge in [0, 0.05) is 0 Å². The minimum absolute atomic E-state index is 0.180. The summed E-state index contributed by atoms with van der Waals surface area (Å²) in [4.78, 5) is 23.1. The third-order valence-electron chi connectivity index (χ3n) is 2.81. The molecule has 1 atom stereocenters. The first kappa shape index (κ1) is 15.4. The topological polar surface area (TPSA) is 66.4 Å². The number of amides is 1. The van der Waals surface area contributed by atoms with Crippen molar-refractivity contribution in [1.29, 1.82) is 0 Å². The van der Waals surface area contributed by atoms with Gasteiger partial charge in [0.05, 0.1) is 10.6 Å². The molecule has 0 spiro atoms. The minimum Gasteiger partial charge on any atom is -0.480 e. The van der Waals surface area contributed by atoms with Crippen molar-refractivity contribution in [1.82, 2.24) is 5.32 Å². The van der Waals surface area contributed by atoms with Crippen LogP contribution in [0.15, 0.2) is 18.2 Å². The van der Waals surface area contributed by atoms with Crippen LogP contribution in [-0.4, -0.2) is 22.5 Å². The van der Waals surface area contributed by atoms with Gasteiger partial charge in [0.15, 0.2) is 5.82 Å². The molecule has 0 aliphatic rings. The van der Waals surface area contributed by atoms with E-state index in [1.54, 1.807) is 6.92 Å². The highest BCUT2D eigenvalue weighted by Gasteiger charge is 2.34. The van der Waals surface area contributed by atoms with Crippen molar-refractivity contribution < 1.29 is 19.1 Å². The Kier molecular flexibility index (Phi) is 4.89. The number of benzene rings is 1. The molecule has 1 aromatic carbocycles. The van der Waals surface area contributed by atoms with E-state index in [0.29, 0.717) is 6.42 Å². The lowest BCUT2D eigenvalue weighted by molar-refractivity contribution is -0.144. The van der Waals surface area contributed by atoms with Crippen LogP contribution in [0.3, 0.4) is 0 Å². The van der Waals surface area contributed by atoms with Crippen molar-refractivity contribution in [3.8, 4) is 0 Å². The van der Waals surface area contributed by atoms with Crippen molar-refractivity contribution in [2.45, 2.75) is 32.2 Å². The Morgan fingerprint density at radius 2 is 2.11 bits per heavy atom. The van der Waals surface area contributed by atoms with Crippen LogP contribution in [0.4, 0.5) is 4.39 Å². The van der Waals surface area contributed by atoms with Crippen LogP contribution in [0.25, 0.3) is 0 Å². The zero-order valence-electron chi connectivity index (χ0n) is 10.7.